The number of aryl methyl sites for hydroxylation is 2. The highest BCUT2D eigenvalue weighted by molar-refractivity contribution is 7.92. The van der Waals surface area contributed by atoms with Crippen LogP contribution in [0.15, 0.2) is 107 Å². The lowest BCUT2D eigenvalue weighted by molar-refractivity contribution is 0.588. The van der Waals surface area contributed by atoms with Crippen LogP contribution in [0, 0.1) is 0 Å². The second-order valence-corrected chi connectivity index (χ2v) is 13.6. The van der Waals surface area contributed by atoms with Gasteiger partial charge in [-0.05, 0) is 71.7 Å². The number of aromatic nitrogens is 4. The fourth-order valence-electron chi connectivity index (χ4n) is 5.11. The summed E-state index contributed by atoms with van der Waals surface area (Å²) in [6, 6.07) is 28.4. The van der Waals surface area contributed by atoms with Gasteiger partial charge in [0.05, 0.1) is 11.4 Å². The molecule has 0 saturated carbocycles. The van der Waals surface area contributed by atoms with Crippen molar-refractivity contribution >= 4 is 15.8 Å². The molecule has 228 valence electrons. The van der Waals surface area contributed by atoms with Crippen LogP contribution in [0.4, 0.5) is 5.82 Å². The fourth-order valence-corrected chi connectivity index (χ4v) is 6.14. The highest BCUT2D eigenvalue weighted by Crippen LogP contribution is 2.23. The molecule has 3 aromatic carbocycles. The van der Waals surface area contributed by atoms with Gasteiger partial charge in [-0.15, -0.1) is 0 Å². The van der Waals surface area contributed by atoms with Crippen LogP contribution in [0.25, 0.3) is 11.1 Å². The average molecular weight is 610 g/mol. The molecule has 44 heavy (non-hydrogen) atoms. The molecule has 5 aromatic rings. The highest BCUT2D eigenvalue weighted by atomic mass is 32.2. The summed E-state index contributed by atoms with van der Waals surface area (Å²) in [6.07, 6.45) is 4.11. The van der Waals surface area contributed by atoms with E-state index in [2.05, 4.69) is 66.9 Å². The van der Waals surface area contributed by atoms with Gasteiger partial charge in [-0.1, -0.05) is 87.5 Å². The summed E-state index contributed by atoms with van der Waals surface area (Å²) >= 11 is 0. The maximum atomic E-state index is 13.0. The Kier molecular flexibility index (Phi) is 9.15. The SMILES string of the molecule is CCn1c(CCCc2ccc(-c3ccc(NS(=O)(=O)c4ccccc4)nc3)cc2)nn(Cc2ccc(C(C)(C)C)cc2)c1=O. The van der Waals surface area contributed by atoms with Gasteiger partial charge in [0.2, 0.25) is 0 Å². The second kappa shape index (κ2) is 13.0. The Labute approximate surface area is 259 Å². The lowest BCUT2D eigenvalue weighted by atomic mass is 9.87. The van der Waals surface area contributed by atoms with E-state index >= 15 is 0 Å². The average Bonchev–Trinajstić information content (AvgIpc) is 3.31. The van der Waals surface area contributed by atoms with Crippen LogP contribution in [0.3, 0.4) is 0 Å². The third-order valence-corrected chi connectivity index (χ3v) is 9.05. The summed E-state index contributed by atoms with van der Waals surface area (Å²) < 4.78 is 31.0. The van der Waals surface area contributed by atoms with Crippen LogP contribution < -0.4 is 10.4 Å². The van der Waals surface area contributed by atoms with Gasteiger partial charge in [-0.2, -0.15) is 5.10 Å². The molecule has 0 aliphatic carbocycles. The third-order valence-electron chi connectivity index (χ3n) is 7.68. The Hall–Kier alpha value is -4.50. The molecule has 0 bridgehead atoms. The van der Waals surface area contributed by atoms with Gasteiger partial charge in [0, 0.05) is 24.7 Å². The number of pyridine rings is 1. The first-order chi connectivity index (χ1) is 21.0. The number of hydrogen-bond donors (Lipinski definition) is 1. The van der Waals surface area contributed by atoms with E-state index in [9.17, 15) is 13.2 Å². The van der Waals surface area contributed by atoms with Crippen LogP contribution in [0.5, 0.6) is 0 Å². The fraction of sp³-hybridized carbons (Fsp3) is 0.286. The van der Waals surface area contributed by atoms with Gasteiger partial charge in [-0.3, -0.25) is 9.29 Å². The van der Waals surface area contributed by atoms with E-state index in [1.54, 1.807) is 51.8 Å². The zero-order valence-corrected chi connectivity index (χ0v) is 26.5. The molecule has 1 N–H and O–H groups in total. The quantitative estimate of drug-likeness (QED) is 0.186. The number of rotatable bonds is 11. The van der Waals surface area contributed by atoms with E-state index in [0.717, 1.165) is 35.4 Å². The lowest BCUT2D eigenvalue weighted by Gasteiger charge is -2.19. The van der Waals surface area contributed by atoms with Gasteiger partial charge in [0.15, 0.2) is 0 Å². The lowest BCUT2D eigenvalue weighted by Crippen LogP contribution is -2.25. The number of anilines is 1. The van der Waals surface area contributed by atoms with Gasteiger partial charge in [0.25, 0.3) is 10.0 Å². The number of nitrogens with one attached hydrogen (secondary N) is 1. The Morgan fingerprint density at radius 3 is 2.07 bits per heavy atom. The molecule has 0 fully saturated rings. The van der Waals surface area contributed by atoms with Crippen molar-refractivity contribution < 1.29 is 8.42 Å². The second-order valence-electron chi connectivity index (χ2n) is 11.9. The van der Waals surface area contributed by atoms with Crippen molar-refractivity contribution in [1.29, 1.82) is 0 Å². The van der Waals surface area contributed by atoms with Crippen molar-refractivity contribution in [3.05, 3.63) is 130 Å². The van der Waals surface area contributed by atoms with Crippen molar-refractivity contribution in [2.24, 2.45) is 0 Å². The summed E-state index contributed by atoms with van der Waals surface area (Å²) in [7, 11) is -3.69. The third kappa shape index (κ3) is 7.34. The molecule has 0 aliphatic heterocycles. The molecule has 0 spiro atoms. The van der Waals surface area contributed by atoms with Gasteiger partial charge >= 0.3 is 5.69 Å². The zero-order valence-electron chi connectivity index (χ0n) is 25.7. The molecule has 2 aromatic heterocycles. The van der Waals surface area contributed by atoms with Crippen molar-refractivity contribution in [2.45, 2.75) is 70.4 Å². The molecule has 0 unspecified atom stereocenters. The van der Waals surface area contributed by atoms with Gasteiger partial charge in [-0.25, -0.2) is 22.9 Å². The summed E-state index contributed by atoms with van der Waals surface area (Å²) in [5, 5.41) is 4.70. The van der Waals surface area contributed by atoms with Crippen molar-refractivity contribution in [3.8, 4) is 11.1 Å². The minimum absolute atomic E-state index is 0.0701. The van der Waals surface area contributed by atoms with Crippen molar-refractivity contribution in [3.63, 3.8) is 0 Å². The Bertz CT molecular complexity index is 1850. The zero-order chi connectivity index (χ0) is 31.3. The normalized spacial score (nSPS) is 11.9. The molecular formula is C35H39N5O3S. The smallest absolute Gasteiger partial charge is 0.279 e. The summed E-state index contributed by atoms with van der Waals surface area (Å²) in [5.74, 6) is 1.08. The maximum Gasteiger partial charge on any atom is 0.346 e. The minimum atomic E-state index is -3.69. The van der Waals surface area contributed by atoms with E-state index < -0.39 is 10.0 Å². The Balaban J connectivity index is 1.17. The van der Waals surface area contributed by atoms with Crippen LogP contribution >= 0.6 is 0 Å². The van der Waals surface area contributed by atoms with Crippen LogP contribution in [-0.2, 0) is 41.4 Å². The summed E-state index contributed by atoms with van der Waals surface area (Å²) in [5.41, 5.74) is 5.42. The van der Waals surface area contributed by atoms with E-state index in [0.29, 0.717) is 19.5 Å². The maximum absolute atomic E-state index is 13.0. The molecule has 0 saturated heterocycles. The first-order valence-corrected chi connectivity index (χ1v) is 16.4. The van der Waals surface area contributed by atoms with Crippen molar-refractivity contribution in [1.82, 2.24) is 19.3 Å². The molecular weight excluding hydrogens is 570 g/mol. The van der Waals surface area contributed by atoms with E-state index in [-0.39, 0.29) is 21.8 Å². The summed E-state index contributed by atoms with van der Waals surface area (Å²) in [4.78, 5) is 17.5. The van der Waals surface area contributed by atoms with Crippen LogP contribution in [-0.4, -0.2) is 27.7 Å². The molecule has 0 atom stereocenters. The standard InChI is InChI=1S/C35H39N5O3S/c1-5-39-33(37-40(34(39)41)25-27-16-21-30(22-17-27)35(2,3)4)13-9-10-26-14-18-28(19-15-26)29-20-23-32(36-24-29)38-44(42,43)31-11-7-6-8-12-31/h6-8,11-12,14-24H,5,9-10,13,25H2,1-4H3,(H,36,38). The molecule has 0 amide bonds. The van der Waals surface area contributed by atoms with E-state index in [1.807, 2.05) is 25.1 Å². The number of benzene rings is 3. The first-order valence-electron chi connectivity index (χ1n) is 14.9. The number of nitrogens with zero attached hydrogens (tertiary/aromatic N) is 4. The minimum Gasteiger partial charge on any atom is -0.279 e. The van der Waals surface area contributed by atoms with E-state index in [1.165, 1.54) is 11.1 Å². The molecule has 9 heteroatoms. The largest absolute Gasteiger partial charge is 0.346 e. The monoisotopic (exact) mass is 609 g/mol. The Morgan fingerprint density at radius 2 is 1.45 bits per heavy atom. The van der Waals surface area contributed by atoms with Crippen LogP contribution in [0.1, 0.15) is 56.6 Å². The van der Waals surface area contributed by atoms with Crippen LogP contribution in [0.2, 0.25) is 0 Å². The van der Waals surface area contributed by atoms with Gasteiger partial charge < -0.3 is 0 Å². The molecule has 2 heterocycles. The van der Waals surface area contributed by atoms with E-state index in [4.69, 9.17) is 5.10 Å². The first kappa shape index (κ1) is 30.9. The topological polar surface area (TPSA) is 98.9 Å². The molecule has 0 aliphatic rings. The number of sulfonamides is 1. The van der Waals surface area contributed by atoms with Crippen molar-refractivity contribution in [2.75, 3.05) is 4.72 Å². The highest BCUT2D eigenvalue weighted by Gasteiger charge is 2.16. The predicted octanol–water partition coefficient (Wildman–Crippen LogP) is 6.45. The number of hydrogen-bond acceptors (Lipinski definition) is 5. The molecule has 0 radical (unpaired) electrons. The molecule has 5 rings (SSSR count). The molecule has 8 nitrogen and oxygen atoms in total. The predicted molar refractivity (Wildman–Crippen MR) is 175 cm³/mol. The summed E-state index contributed by atoms with van der Waals surface area (Å²) in [6.45, 7) is 9.60. The Morgan fingerprint density at radius 1 is 0.795 bits per heavy atom. The van der Waals surface area contributed by atoms with Gasteiger partial charge in [0.1, 0.15) is 11.6 Å².